The molecule has 76 valence electrons. The fourth-order valence-electron chi connectivity index (χ4n) is 1.34. The molecule has 0 radical (unpaired) electrons. The van der Waals surface area contributed by atoms with Gasteiger partial charge in [0.05, 0.1) is 12.2 Å². The maximum atomic E-state index is 11.6. The van der Waals surface area contributed by atoms with Crippen LogP contribution in [0.2, 0.25) is 0 Å². The van der Waals surface area contributed by atoms with Crippen LogP contribution in [0.25, 0.3) is 0 Å². The molecular weight excluding hydrogens is 244 g/mol. The summed E-state index contributed by atoms with van der Waals surface area (Å²) in [5.74, 6) is -0.236. The molecule has 2 nitrogen and oxygen atoms in total. The zero-order valence-corrected chi connectivity index (χ0v) is 9.93. The van der Waals surface area contributed by atoms with Crippen LogP contribution in [0.5, 0.6) is 0 Å². The molecule has 0 amide bonds. The van der Waals surface area contributed by atoms with Gasteiger partial charge < -0.3 is 4.74 Å². The Morgan fingerprint density at radius 1 is 1.50 bits per heavy atom. The third kappa shape index (κ3) is 2.35. The number of halogens is 1. The first-order valence-corrected chi connectivity index (χ1v) is 5.64. The number of aryl methyl sites for hydroxylation is 1. The third-order valence-corrected chi connectivity index (χ3v) is 2.59. The average Bonchev–Trinajstić information content (AvgIpc) is 2.17. The van der Waals surface area contributed by atoms with Crippen molar-refractivity contribution in [2.45, 2.75) is 19.2 Å². The Labute approximate surface area is 92.4 Å². The molecule has 14 heavy (non-hydrogen) atoms. The normalized spacial score (nSPS) is 9.93. The summed E-state index contributed by atoms with van der Waals surface area (Å²) >= 11 is 3.35. The van der Waals surface area contributed by atoms with Crippen LogP contribution in [-0.2, 0) is 10.1 Å². The zero-order chi connectivity index (χ0) is 10.6. The van der Waals surface area contributed by atoms with E-state index in [0.29, 0.717) is 17.5 Å². The number of esters is 1. The number of carbonyl (C=O) groups is 1. The average molecular weight is 257 g/mol. The summed E-state index contributed by atoms with van der Waals surface area (Å²) in [7, 11) is 0. The number of alkyl halides is 1. The maximum Gasteiger partial charge on any atom is 0.338 e. The first-order valence-electron chi connectivity index (χ1n) is 4.52. The molecular formula is C11H13BrO2. The summed E-state index contributed by atoms with van der Waals surface area (Å²) in [5.41, 5.74) is 2.62. The van der Waals surface area contributed by atoms with Gasteiger partial charge in [-0.2, -0.15) is 0 Å². The Bertz CT molecular complexity index is 334. The molecule has 0 atom stereocenters. The van der Waals surface area contributed by atoms with Gasteiger partial charge in [-0.1, -0.05) is 34.1 Å². The second-order valence-corrected chi connectivity index (χ2v) is 3.52. The molecule has 0 aliphatic rings. The molecule has 0 aliphatic carbocycles. The Hall–Kier alpha value is -0.830. The van der Waals surface area contributed by atoms with Crippen molar-refractivity contribution in [1.29, 1.82) is 0 Å². The van der Waals surface area contributed by atoms with E-state index in [1.54, 1.807) is 0 Å². The highest BCUT2D eigenvalue weighted by molar-refractivity contribution is 9.08. The number of hydrogen-bond donors (Lipinski definition) is 0. The van der Waals surface area contributed by atoms with Crippen molar-refractivity contribution in [2.24, 2.45) is 0 Å². The lowest BCUT2D eigenvalue weighted by atomic mass is 10.0. The van der Waals surface area contributed by atoms with Gasteiger partial charge in [-0.15, -0.1) is 0 Å². The lowest BCUT2D eigenvalue weighted by Crippen LogP contribution is -2.09. The SMILES string of the molecule is CCOC(=O)c1c(C)cccc1CBr. The second-order valence-electron chi connectivity index (χ2n) is 2.96. The molecule has 0 unspecified atom stereocenters. The topological polar surface area (TPSA) is 26.3 Å². The minimum absolute atomic E-state index is 0.236. The van der Waals surface area contributed by atoms with E-state index in [4.69, 9.17) is 4.74 Å². The van der Waals surface area contributed by atoms with Gasteiger partial charge in [-0.3, -0.25) is 0 Å². The van der Waals surface area contributed by atoms with Gasteiger partial charge in [0.2, 0.25) is 0 Å². The zero-order valence-electron chi connectivity index (χ0n) is 8.34. The van der Waals surface area contributed by atoms with Crippen molar-refractivity contribution in [3.63, 3.8) is 0 Å². The van der Waals surface area contributed by atoms with Crippen LogP contribution in [0, 0.1) is 6.92 Å². The monoisotopic (exact) mass is 256 g/mol. The molecule has 0 saturated heterocycles. The van der Waals surface area contributed by atoms with E-state index in [1.807, 2.05) is 32.0 Å². The van der Waals surface area contributed by atoms with Crippen molar-refractivity contribution >= 4 is 21.9 Å². The third-order valence-electron chi connectivity index (χ3n) is 1.98. The highest BCUT2D eigenvalue weighted by Gasteiger charge is 2.13. The van der Waals surface area contributed by atoms with E-state index in [0.717, 1.165) is 11.1 Å². The van der Waals surface area contributed by atoms with E-state index < -0.39 is 0 Å². The van der Waals surface area contributed by atoms with E-state index in [9.17, 15) is 4.79 Å². The summed E-state index contributed by atoms with van der Waals surface area (Å²) < 4.78 is 4.99. The highest BCUT2D eigenvalue weighted by atomic mass is 79.9. The van der Waals surface area contributed by atoms with Crippen LogP contribution in [0.3, 0.4) is 0 Å². The summed E-state index contributed by atoms with van der Waals surface area (Å²) in [6.45, 7) is 4.14. The Morgan fingerprint density at radius 3 is 2.79 bits per heavy atom. The predicted molar refractivity (Wildman–Crippen MR) is 59.8 cm³/mol. The highest BCUT2D eigenvalue weighted by Crippen LogP contribution is 2.18. The molecule has 0 bridgehead atoms. The molecule has 0 aromatic heterocycles. The molecule has 0 heterocycles. The van der Waals surface area contributed by atoms with Gasteiger partial charge in [0.1, 0.15) is 0 Å². The summed E-state index contributed by atoms with van der Waals surface area (Å²) in [6, 6.07) is 5.78. The van der Waals surface area contributed by atoms with E-state index in [1.165, 1.54) is 0 Å². The van der Waals surface area contributed by atoms with Crippen LogP contribution in [0.4, 0.5) is 0 Å². The van der Waals surface area contributed by atoms with Crippen LogP contribution in [0.15, 0.2) is 18.2 Å². The largest absolute Gasteiger partial charge is 0.462 e. The number of benzene rings is 1. The van der Waals surface area contributed by atoms with Gasteiger partial charge in [0, 0.05) is 5.33 Å². The molecule has 0 N–H and O–H groups in total. The molecule has 3 heteroatoms. The standard InChI is InChI=1S/C11H13BrO2/c1-3-14-11(13)10-8(2)5-4-6-9(10)7-12/h4-6H,3,7H2,1-2H3. The Balaban J connectivity index is 3.10. The van der Waals surface area contributed by atoms with Gasteiger partial charge in [0.15, 0.2) is 0 Å². The number of rotatable bonds is 3. The minimum Gasteiger partial charge on any atom is -0.462 e. The van der Waals surface area contributed by atoms with Crippen LogP contribution in [0.1, 0.15) is 28.4 Å². The quantitative estimate of drug-likeness (QED) is 0.614. The molecule has 0 fully saturated rings. The van der Waals surface area contributed by atoms with Crippen LogP contribution < -0.4 is 0 Å². The lowest BCUT2D eigenvalue weighted by Gasteiger charge is -2.09. The molecule has 1 aromatic carbocycles. The fraction of sp³-hybridized carbons (Fsp3) is 0.364. The number of carbonyl (C=O) groups excluding carboxylic acids is 1. The molecule has 1 rings (SSSR count). The van der Waals surface area contributed by atoms with Crippen molar-refractivity contribution in [3.05, 3.63) is 34.9 Å². The second kappa shape index (κ2) is 5.15. The summed E-state index contributed by atoms with van der Waals surface area (Å²) in [4.78, 5) is 11.6. The summed E-state index contributed by atoms with van der Waals surface area (Å²) in [5, 5.41) is 0.669. The van der Waals surface area contributed by atoms with Crippen LogP contribution >= 0.6 is 15.9 Å². The first-order chi connectivity index (χ1) is 6.70. The van der Waals surface area contributed by atoms with E-state index in [-0.39, 0.29) is 5.97 Å². The number of hydrogen-bond acceptors (Lipinski definition) is 2. The molecule has 0 saturated carbocycles. The van der Waals surface area contributed by atoms with E-state index in [2.05, 4.69) is 15.9 Å². The van der Waals surface area contributed by atoms with Crippen molar-refractivity contribution < 1.29 is 9.53 Å². The summed E-state index contributed by atoms with van der Waals surface area (Å²) in [6.07, 6.45) is 0. The Morgan fingerprint density at radius 2 is 2.21 bits per heavy atom. The minimum atomic E-state index is -0.236. The predicted octanol–water partition coefficient (Wildman–Crippen LogP) is 3.07. The number of ether oxygens (including phenoxy) is 1. The Kier molecular flexibility index (Phi) is 4.14. The van der Waals surface area contributed by atoms with Gasteiger partial charge in [-0.25, -0.2) is 4.79 Å². The van der Waals surface area contributed by atoms with E-state index >= 15 is 0 Å². The van der Waals surface area contributed by atoms with Crippen molar-refractivity contribution in [3.8, 4) is 0 Å². The molecule has 0 aliphatic heterocycles. The molecule has 1 aromatic rings. The first kappa shape index (κ1) is 11.2. The van der Waals surface area contributed by atoms with Crippen molar-refractivity contribution in [1.82, 2.24) is 0 Å². The fourth-order valence-corrected chi connectivity index (χ4v) is 1.80. The van der Waals surface area contributed by atoms with Crippen LogP contribution in [-0.4, -0.2) is 12.6 Å². The van der Waals surface area contributed by atoms with Gasteiger partial charge >= 0.3 is 5.97 Å². The molecule has 0 spiro atoms. The smallest absolute Gasteiger partial charge is 0.338 e. The maximum absolute atomic E-state index is 11.6. The van der Waals surface area contributed by atoms with Crippen molar-refractivity contribution in [2.75, 3.05) is 6.61 Å². The van der Waals surface area contributed by atoms with Gasteiger partial charge in [0.25, 0.3) is 0 Å². The van der Waals surface area contributed by atoms with Gasteiger partial charge in [-0.05, 0) is 25.0 Å². The lowest BCUT2D eigenvalue weighted by molar-refractivity contribution is 0.0524.